The molecule has 1 radical (unpaired) electrons. The highest BCUT2D eigenvalue weighted by atomic mass is 16.2. The molecule has 0 fully saturated rings. The number of carbonyl (C=O) groups is 2. The van der Waals surface area contributed by atoms with Crippen LogP contribution in [0, 0.1) is 17.3 Å². The third-order valence-electron chi connectivity index (χ3n) is 3.38. The summed E-state index contributed by atoms with van der Waals surface area (Å²) in [6, 6.07) is 0. The van der Waals surface area contributed by atoms with E-state index >= 15 is 0 Å². The van der Waals surface area contributed by atoms with Crippen LogP contribution in [-0.4, -0.2) is 11.8 Å². The van der Waals surface area contributed by atoms with Gasteiger partial charge < -0.3 is 0 Å². The topological polar surface area (TPSA) is 60.3 Å². The van der Waals surface area contributed by atoms with Crippen LogP contribution in [0.1, 0.15) is 60.8 Å². The molecule has 0 aromatic heterocycles. The molecule has 0 rings (SSSR count). The average Bonchev–Trinajstić information content (AvgIpc) is 2.25. The predicted octanol–water partition coefficient (Wildman–Crippen LogP) is 2.66. The quantitative estimate of drug-likeness (QED) is 0.742. The third kappa shape index (κ3) is 6.03. The number of hydrogen-bond acceptors (Lipinski definition) is 2. The summed E-state index contributed by atoms with van der Waals surface area (Å²) in [6.45, 7) is 11.9. The van der Waals surface area contributed by atoms with Gasteiger partial charge in [-0.1, -0.05) is 48.0 Å². The second-order valence-corrected chi connectivity index (χ2v) is 6.01. The van der Waals surface area contributed by atoms with Crippen LogP contribution in [0.4, 0.5) is 0 Å². The fourth-order valence-corrected chi connectivity index (χ4v) is 1.57. The van der Waals surface area contributed by atoms with Gasteiger partial charge in [0.05, 0.1) is 0 Å². The van der Waals surface area contributed by atoms with E-state index in [0.29, 0.717) is 18.3 Å². The van der Waals surface area contributed by atoms with Crippen LogP contribution in [-0.2, 0) is 9.59 Å². The molecule has 0 spiro atoms. The van der Waals surface area contributed by atoms with Gasteiger partial charge in [0.15, 0.2) is 0 Å². The van der Waals surface area contributed by atoms with Crippen molar-refractivity contribution in [3.05, 3.63) is 0 Å². The van der Waals surface area contributed by atoms with E-state index in [1.165, 1.54) is 0 Å². The molecule has 1 unspecified atom stereocenters. The van der Waals surface area contributed by atoms with E-state index < -0.39 is 5.41 Å². The zero-order valence-corrected chi connectivity index (χ0v) is 12.5. The molecule has 0 saturated heterocycles. The van der Waals surface area contributed by atoms with Crippen molar-refractivity contribution in [1.29, 1.82) is 0 Å². The lowest BCUT2D eigenvalue weighted by Crippen LogP contribution is -2.42. The van der Waals surface area contributed by atoms with E-state index in [9.17, 15) is 9.59 Å². The second kappa shape index (κ2) is 7.39. The zero-order chi connectivity index (χ0) is 14.3. The SMILES string of the molecule is CCCC(C)(C)C(=O)[N]NC(=O)CC(C)C(C)C. The number of carbonyl (C=O) groups excluding carboxylic acids is 2. The number of hydrogen-bond donors (Lipinski definition) is 1. The van der Waals surface area contributed by atoms with Gasteiger partial charge in [-0.25, -0.2) is 5.43 Å². The summed E-state index contributed by atoms with van der Waals surface area (Å²) in [5.74, 6) is 0.300. The first-order chi connectivity index (χ1) is 8.20. The lowest BCUT2D eigenvalue weighted by molar-refractivity contribution is -0.135. The van der Waals surface area contributed by atoms with Gasteiger partial charge in [0, 0.05) is 11.8 Å². The summed E-state index contributed by atoms with van der Waals surface area (Å²) >= 11 is 0. The predicted molar refractivity (Wildman–Crippen MR) is 72.6 cm³/mol. The van der Waals surface area contributed by atoms with Crippen LogP contribution < -0.4 is 10.9 Å². The average molecular weight is 255 g/mol. The number of rotatable bonds is 6. The van der Waals surface area contributed by atoms with Crippen molar-refractivity contribution in [3.8, 4) is 0 Å². The van der Waals surface area contributed by atoms with E-state index in [0.717, 1.165) is 12.8 Å². The van der Waals surface area contributed by atoms with E-state index in [1.807, 2.05) is 27.7 Å². The molecule has 0 aliphatic carbocycles. The largest absolute Gasteiger partial charge is 0.273 e. The summed E-state index contributed by atoms with van der Waals surface area (Å²) in [5.41, 5.74) is 5.56. The smallest absolute Gasteiger partial charge is 0.268 e. The van der Waals surface area contributed by atoms with Crippen LogP contribution in [0.5, 0.6) is 0 Å². The maximum absolute atomic E-state index is 11.8. The maximum atomic E-state index is 11.8. The minimum Gasteiger partial charge on any atom is -0.273 e. The first-order valence-electron chi connectivity index (χ1n) is 6.74. The molecule has 0 bridgehead atoms. The van der Waals surface area contributed by atoms with E-state index in [-0.39, 0.29) is 11.8 Å². The summed E-state index contributed by atoms with van der Waals surface area (Å²) in [4.78, 5) is 23.4. The van der Waals surface area contributed by atoms with Crippen LogP contribution in [0.25, 0.3) is 0 Å². The highest BCUT2D eigenvalue weighted by Crippen LogP contribution is 2.22. The Labute approximate surface area is 111 Å². The number of amides is 2. The Morgan fingerprint density at radius 1 is 1.22 bits per heavy atom. The standard InChI is InChI=1S/C14H27N2O2/c1-7-8-14(5,6)13(18)16-15-12(17)9-11(4)10(2)3/h10-11H,7-9H2,1-6H3,(H,15,17). The molecular formula is C14H27N2O2. The Kier molecular flexibility index (Phi) is 6.96. The van der Waals surface area contributed by atoms with Crippen molar-refractivity contribution in [2.45, 2.75) is 60.8 Å². The van der Waals surface area contributed by atoms with Crippen molar-refractivity contribution in [1.82, 2.24) is 10.9 Å². The van der Waals surface area contributed by atoms with Crippen LogP contribution in [0.2, 0.25) is 0 Å². The summed E-state index contributed by atoms with van der Waals surface area (Å²) in [7, 11) is 0. The first kappa shape index (κ1) is 16.9. The lowest BCUT2D eigenvalue weighted by Gasteiger charge is -2.21. The normalized spacial score (nSPS) is 13.3. The summed E-state index contributed by atoms with van der Waals surface area (Å²) < 4.78 is 0. The lowest BCUT2D eigenvalue weighted by atomic mass is 9.87. The van der Waals surface area contributed by atoms with Crippen molar-refractivity contribution >= 4 is 11.8 Å². The van der Waals surface area contributed by atoms with Gasteiger partial charge in [0.1, 0.15) is 0 Å². The molecule has 0 aliphatic rings. The van der Waals surface area contributed by atoms with Gasteiger partial charge in [-0.3, -0.25) is 9.59 Å². The zero-order valence-electron chi connectivity index (χ0n) is 12.5. The molecule has 2 amide bonds. The maximum Gasteiger partial charge on any atom is 0.268 e. The molecule has 4 nitrogen and oxygen atoms in total. The van der Waals surface area contributed by atoms with Gasteiger partial charge in [-0.15, -0.1) is 5.43 Å². The highest BCUT2D eigenvalue weighted by Gasteiger charge is 2.28. The summed E-state index contributed by atoms with van der Waals surface area (Å²) in [5, 5.41) is 0. The molecule has 0 aromatic rings. The van der Waals surface area contributed by atoms with Crippen molar-refractivity contribution in [2.24, 2.45) is 17.3 Å². The highest BCUT2D eigenvalue weighted by molar-refractivity contribution is 5.85. The number of nitrogens with one attached hydrogen (secondary N) is 1. The van der Waals surface area contributed by atoms with Gasteiger partial charge in [-0.05, 0) is 18.3 Å². The molecular weight excluding hydrogens is 228 g/mol. The molecule has 1 atom stereocenters. The molecule has 0 heterocycles. The van der Waals surface area contributed by atoms with E-state index in [4.69, 9.17) is 0 Å². The first-order valence-corrected chi connectivity index (χ1v) is 6.74. The third-order valence-corrected chi connectivity index (χ3v) is 3.38. The number of nitrogens with zero attached hydrogens (tertiary/aromatic N) is 1. The van der Waals surface area contributed by atoms with Crippen molar-refractivity contribution in [3.63, 3.8) is 0 Å². The Hall–Kier alpha value is -1.06. The van der Waals surface area contributed by atoms with E-state index in [1.54, 1.807) is 0 Å². The Balaban J connectivity index is 4.10. The second-order valence-electron chi connectivity index (χ2n) is 6.01. The minimum absolute atomic E-state index is 0.183. The van der Waals surface area contributed by atoms with Crippen LogP contribution in [0.15, 0.2) is 0 Å². The fourth-order valence-electron chi connectivity index (χ4n) is 1.57. The Morgan fingerprint density at radius 3 is 2.22 bits per heavy atom. The van der Waals surface area contributed by atoms with Gasteiger partial charge in [-0.2, -0.15) is 0 Å². The molecule has 105 valence electrons. The molecule has 4 heteroatoms. The van der Waals surface area contributed by atoms with Crippen molar-refractivity contribution < 1.29 is 9.59 Å². The Bertz CT molecular complexity index is 286. The molecule has 18 heavy (non-hydrogen) atoms. The fraction of sp³-hybridized carbons (Fsp3) is 0.857. The van der Waals surface area contributed by atoms with E-state index in [2.05, 4.69) is 24.7 Å². The van der Waals surface area contributed by atoms with Crippen LogP contribution in [0.3, 0.4) is 0 Å². The molecule has 1 N–H and O–H groups in total. The molecule has 0 saturated carbocycles. The summed E-state index contributed by atoms with van der Waals surface area (Å²) in [6.07, 6.45) is 2.10. The molecule has 0 aliphatic heterocycles. The van der Waals surface area contributed by atoms with Gasteiger partial charge >= 0.3 is 0 Å². The molecule has 0 aromatic carbocycles. The Morgan fingerprint density at radius 2 is 1.78 bits per heavy atom. The van der Waals surface area contributed by atoms with Crippen molar-refractivity contribution in [2.75, 3.05) is 0 Å². The monoisotopic (exact) mass is 255 g/mol. The minimum atomic E-state index is -0.494. The van der Waals surface area contributed by atoms with Gasteiger partial charge in [0.2, 0.25) is 5.91 Å². The van der Waals surface area contributed by atoms with Crippen LogP contribution >= 0.6 is 0 Å². The van der Waals surface area contributed by atoms with Gasteiger partial charge in [0.25, 0.3) is 5.91 Å².